The van der Waals surface area contributed by atoms with Gasteiger partial charge in [0.15, 0.2) is 23.0 Å². The molecule has 0 saturated carbocycles. The zero-order chi connectivity index (χ0) is 30.5. The molecule has 0 saturated heterocycles. The van der Waals surface area contributed by atoms with E-state index in [-0.39, 0.29) is 11.9 Å². The van der Waals surface area contributed by atoms with Gasteiger partial charge in [-0.2, -0.15) is 0 Å². The van der Waals surface area contributed by atoms with Crippen molar-refractivity contribution in [2.45, 2.75) is 32.2 Å². The molecule has 42 heavy (non-hydrogen) atoms. The summed E-state index contributed by atoms with van der Waals surface area (Å²) in [7, 11) is 9.35. The average Bonchev–Trinajstić information content (AvgIpc) is 3.02. The molecule has 0 unspecified atom stereocenters. The third kappa shape index (κ3) is 8.19. The van der Waals surface area contributed by atoms with E-state index >= 15 is 0 Å². The Morgan fingerprint density at radius 2 is 1.36 bits per heavy atom. The summed E-state index contributed by atoms with van der Waals surface area (Å²) >= 11 is 0. The van der Waals surface area contributed by atoms with Crippen LogP contribution in [0.15, 0.2) is 67.0 Å². The summed E-state index contributed by atoms with van der Waals surface area (Å²) in [4.78, 5) is 16.9. The minimum atomic E-state index is -0.186. The summed E-state index contributed by atoms with van der Waals surface area (Å²) in [5.74, 6) is 2.73. The van der Waals surface area contributed by atoms with E-state index in [0.717, 1.165) is 36.0 Å². The van der Waals surface area contributed by atoms with Gasteiger partial charge in [0.2, 0.25) is 17.4 Å². The highest BCUT2D eigenvalue weighted by atomic mass is 16.5. The van der Waals surface area contributed by atoms with E-state index in [1.807, 2.05) is 49.5 Å². The fourth-order valence-corrected chi connectivity index (χ4v) is 4.59. The fraction of sp³-hybridized carbons (Fsp3) is 0.333. The lowest BCUT2D eigenvalue weighted by molar-refractivity contribution is -0.117. The van der Waals surface area contributed by atoms with Crippen LogP contribution in [0.5, 0.6) is 34.5 Å². The summed E-state index contributed by atoms with van der Waals surface area (Å²) in [6.07, 6.45) is 11.4. The molecule has 2 aromatic carbocycles. The van der Waals surface area contributed by atoms with E-state index in [9.17, 15) is 4.79 Å². The number of hydrogen-bond donors (Lipinski definition) is 1. The van der Waals surface area contributed by atoms with Gasteiger partial charge in [-0.3, -0.25) is 9.78 Å². The Morgan fingerprint density at radius 1 is 0.833 bits per heavy atom. The Labute approximate surface area is 248 Å². The van der Waals surface area contributed by atoms with Crippen molar-refractivity contribution in [1.29, 1.82) is 0 Å². The molecule has 1 aromatic heterocycles. The average molecular weight is 577 g/mol. The number of rotatable bonds is 15. The Balaban J connectivity index is 1.92. The summed E-state index contributed by atoms with van der Waals surface area (Å²) < 4.78 is 33.4. The predicted molar refractivity (Wildman–Crippen MR) is 163 cm³/mol. The number of nitrogens with one attached hydrogen (secondary N) is 1. The van der Waals surface area contributed by atoms with Gasteiger partial charge < -0.3 is 33.7 Å². The van der Waals surface area contributed by atoms with Crippen molar-refractivity contribution in [3.8, 4) is 34.5 Å². The molecule has 0 bridgehead atoms. The van der Waals surface area contributed by atoms with Crippen LogP contribution < -0.4 is 33.7 Å². The highest BCUT2D eigenvalue weighted by molar-refractivity contribution is 5.90. The number of benzene rings is 2. The topological polar surface area (TPSA) is 97.4 Å². The molecule has 0 radical (unpaired) electrons. The maximum atomic E-state index is 12.8. The van der Waals surface area contributed by atoms with Gasteiger partial charge in [0.25, 0.3) is 0 Å². The molecule has 0 aliphatic carbocycles. The number of aryl methyl sites for hydroxylation is 1. The normalized spacial score (nSPS) is 11.4. The molecule has 1 atom stereocenters. The Hall–Kier alpha value is -4.66. The minimum Gasteiger partial charge on any atom is -0.493 e. The fourth-order valence-electron chi connectivity index (χ4n) is 4.59. The standard InChI is InChI=1S/C33H40N2O7/c1-22(11-8-12-23-13-10-16-34-21-23)35-31(36)15-9-14-26(24-17-27(37-2)32(41-6)28(18-24)38-3)25-19-29(39-4)33(42-7)30(20-25)40-5/h9-10,13-22H,8,11-12H2,1-7H3,(H,35,36)/t22-/m1/s1. The molecule has 224 valence electrons. The van der Waals surface area contributed by atoms with Crippen molar-refractivity contribution in [2.75, 3.05) is 42.7 Å². The molecule has 9 heteroatoms. The second kappa shape index (κ2) is 16.0. The van der Waals surface area contributed by atoms with Crippen LogP contribution >= 0.6 is 0 Å². The number of methoxy groups -OCH3 is 6. The quantitative estimate of drug-likeness (QED) is 0.183. The molecule has 1 heterocycles. The van der Waals surface area contributed by atoms with Crippen molar-refractivity contribution >= 4 is 11.5 Å². The van der Waals surface area contributed by atoms with Gasteiger partial charge in [-0.25, -0.2) is 0 Å². The van der Waals surface area contributed by atoms with Crippen LogP contribution in [-0.4, -0.2) is 59.6 Å². The Morgan fingerprint density at radius 3 is 1.79 bits per heavy atom. The first-order valence-electron chi connectivity index (χ1n) is 13.6. The van der Waals surface area contributed by atoms with Crippen molar-refractivity contribution in [2.24, 2.45) is 0 Å². The highest BCUT2D eigenvalue weighted by Crippen LogP contribution is 2.44. The number of allylic oxidation sites excluding steroid dienone is 2. The van der Waals surface area contributed by atoms with Crippen molar-refractivity contribution in [1.82, 2.24) is 10.3 Å². The molecule has 3 rings (SSSR count). The van der Waals surface area contributed by atoms with E-state index in [2.05, 4.69) is 16.4 Å². The summed E-state index contributed by atoms with van der Waals surface area (Å²) in [5, 5.41) is 3.04. The van der Waals surface area contributed by atoms with Crippen LogP contribution in [0, 0.1) is 0 Å². The second-order valence-corrected chi connectivity index (χ2v) is 9.43. The first-order valence-corrected chi connectivity index (χ1v) is 13.6. The maximum absolute atomic E-state index is 12.8. The van der Waals surface area contributed by atoms with E-state index < -0.39 is 0 Å². The number of amides is 1. The monoisotopic (exact) mass is 576 g/mol. The zero-order valence-electron chi connectivity index (χ0n) is 25.4. The molecule has 9 nitrogen and oxygen atoms in total. The predicted octanol–water partition coefficient (Wildman–Crippen LogP) is 5.65. The molecule has 1 N–H and O–H groups in total. The van der Waals surface area contributed by atoms with Gasteiger partial charge in [-0.05, 0) is 78.8 Å². The van der Waals surface area contributed by atoms with E-state index in [1.165, 1.54) is 11.6 Å². The summed E-state index contributed by atoms with van der Waals surface area (Å²) in [6, 6.07) is 11.4. The molecule has 1 amide bonds. The van der Waals surface area contributed by atoms with E-state index in [1.54, 1.807) is 54.9 Å². The molecule has 0 aliphatic rings. The molecular weight excluding hydrogens is 536 g/mol. The maximum Gasteiger partial charge on any atom is 0.244 e. The van der Waals surface area contributed by atoms with Gasteiger partial charge in [0.1, 0.15) is 0 Å². The Kier molecular flexibility index (Phi) is 12.1. The van der Waals surface area contributed by atoms with Gasteiger partial charge in [0, 0.05) is 24.5 Å². The van der Waals surface area contributed by atoms with Crippen LogP contribution in [0.1, 0.15) is 36.5 Å². The first kappa shape index (κ1) is 31.9. The number of ether oxygens (including phenoxy) is 6. The van der Waals surface area contributed by atoms with Crippen molar-refractivity contribution in [3.05, 3.63) is 83.7 Å². The van der Waals surface area contributed by atoms with Gasteiger partial charge in [-0.15, -0.1) is 0 Å². The highest BCUT2D eigenvalue weighted by Gasteiger charge is 2.19. The number of pyridine rings is 1. The number of aromatic nitrogens is 1. The van der Waals surface area contributed by atoms with Gasteiger partial charge in [-0.1, -0.05) is 18.2 Å². The number of hydrogen-bond acceptors (Lipinski definition) is 8. The first-order chi connectivity index (χ1) is 20.4. The van der Waals surface area contributed by atoms with Crippen LogP contribution in [0.25, 0.3) is 5.57 Å². The molecular formula is C33H40N2O7. The number of nitrogens with zero attached hydrogens (tertiary/aromatic N) is 1. The lowest BCUT2D eigenvalue weighted by atomic mass is 9.95. The van der Waals surface area contributed by atoms with Gasteiger partial charge in [0.05, 0.1) is 42.7 Å². The van der Waals surface area contributed by atoms with Crippen LogP contribution in [-0.2, 0) is 11.2 Å². The Bertz CT molecular complexity index is 1270. The van der Waals surface area contributed by atoms with Crippen LogP contribution in [0.3, 0.4) is 0 Å². The number of carbonyl (C=O) groups is 1. The molecule has 0 fully saturated rings. The third-order valence-electron chi connectivity index (χ3n) is 6.68. The lowest BCUT2D eigenvalue weighted by Crippen LogP contribution is -2.31. The van der Waals surface area contributed by atoms with Crippen LogP contribution in [0.2, 0.25) is 0 Å². The van der Waals surface area contributed by atoms with E-state index in [0.29, 0.717) is 34.5 Å². The third-order valence-corrected chi connectivity index (χ3v) is 6.68. The number of carbonyl (C=O) groups excluding carboxylic acids is 1. The minimum absolute atomic E-state index is 0.0208. The molecule has 0 spiro atoms. The van der Waals surface area contributed by atoms with Crippen molar-refractivity contribution < 1.29 is 33.2 Å². The lowest BCUT2D eigenvalue weighted by Gasteiger charge is -2.18. The van der Waals surface area contributed by atoms with Crippen molar-refractivity contribution in [3.63, 3.8) is 0 Å². The largest absolute Gasteiger partial charge is 0.493 e. The summed E-state index contributed by atoms with van der Waals surface area (Å²) in [6.45, 7) is 2.00. The SMILES string of the molecule is COc1cc(C(=CC=CC(=O)N[C@H](C)CCCc2cccnc2)c2cc(OC)c(OC)c(OC)c2)cc(OC)c1OC. The summed E-state index contributed by atoms with van der Waals surface area (Å²) in [5.41, 5.74) is 3.45. The second-order valence-electron chi connectivity index (χ2n) is 9.43. The molecule has 3 aromatic rings. The van der Waals surface area contributed by atoms with E-state index in [4.69, 9.17) is 28.4 Å². The van der Waals surface area contributed by atoms with Gasteiger partial charge >= 0.3 is 0 Å². The zero-order valence-corrected chi connectivity index (χ0v) is 25.4. The smallest absolute Gasteiger partial charge is 0.244 e. The molecule has 0 aliphatic heterocycles. The van der Waals surface area contributed by atoms with Crippen LogP contribution in [0.4, 0.5) is 0 Å².